The van der Waals surface area contributed by atoms with Crippen LogP contribution in [-0.2, 0) is 32.7 Å². The Balaban J connectivity index is 0.000000250. The smallest absolute Gasteiger partial charge is 0 e. The summed E-state index contributed by atoms with van der Waals surface area (Å²) in [5.41, 5.74) is 0. The minimum Gasteiger partial charge on any atom is -0.256 e. The van der Waals surface area contributed by atoms with Crippen LogP contribution in [0, 0.1) is 6.08 Å². The zero-order valence-electron chi connectivity index (χ0n) is 3.52. The van der Waals surface area contributed by atoms with Gasteiger partial charge in [0.25, 0.3) is 0 Å². The van der Waals surface area contributed by atoms with Crippen molar-refractivity contribution >= 4 is 0 Å². The van der Waals surface area contributed by atoms with Gasteiger partial charge in [-0.05, 0) is 0 Å². The van der Waals surface area contributed by atoms with Crippen LogP contribution in [-0.4, -0.2) is 0 Å². The summed E-state index contributed by atoms with van der Waals surface area (Å²) in [6, 6.07) is 0. The van der Waals surface area contributed by atoms with E-state index in [-0.39, 0.29) is 32.7 Å². The molecule has 0 nitrogen and oxygen atoms in total. The van der Waals surface area contributed by atoms with E-state index < -0.39 is 0 Å². The summed E-state index contributed by atoms with van der Waals surface area (Å²) in [7, 11) is 0. The van der Waals surface area contributed by atoms with Gasteiger partial charge in [-0.25, -0.2) is 12.2 Å². The van der Waals surface area contributed by atoms with Gasteiger partial charge in [-0.3, -0.25) is 6.08 Å². The van der Waals surface area contributed by atoms with Crippen LogP contribution < -0.4 is 0 Å². The molecule has 1 radical (unpaired) electrons. The monoisotopic (exact) mass is 154 g/mol. The molecular weight excluding hydrogens is 149 g/mol. The van der Waals surface area contributed by atoms with Crippen LogP contribution in [0.4, 0.5) is 0 Å². The van der Waals surface area contributed by atoms with Crippen molar-refractivity contribution in [2.75, 3.05) is 0 Å². The van der Waals surface area contributed by atoms with Crippen LogP contribution in [0.5, 0.6) is 0 Å². The number of hydrogen-bond donors (Lipinski definition) is 0. The molecule has 6 heavy (non-hydrogen) atoms. The average Bonchev–Trinajstić information content (AvgIpc) is 1.76. The third-order valence-corrected chi connectivity index (χ3v) is 0.586. The molecule has 0 N–H and O–H groups in total. The summed E-state index contributed by atoms with van der Waals surface area (Å²) in [5, 5.41) is 0. The fourth-order valence-electron chi connectivity index (χ4n) is 0.340. The molecule has 0 saturated heterocycles. The number of allylic oxidation sites excluding steroid dienone is 4. The topological polar surface area (TPSA) is 0 Å². The first-order valence-corrected chi connectivity index (χ1v) is 1.73. The van der Waals surface area contributed by atoms with Gasteiger partial charge in [-0.15, -0.1) is 6.42 Å². The average molecular weight is 154 g/mol. The van der Waals surface area contributed by atoms with Crippen molar-refractivity contribution in [3.8, 4) is 0 Å². The van der Waals surface area contributed by atoms with E-state index in [4.69, 9.17) is 0 Å². The molecule has 0 aromatic rings. The van der Waals surface area contributed by atoms with Crippen LogP contribution in [0.15, 0.2) is 18.2 Å². The first-order chi connectivity index (χ1) is 2.50. The molecule has 0 atom stereocenters. The third-order valence-electron chi connectivity index (χ3n) is 0.586. The fourth-order valence-corrected chi connectivity index (χ4v) is 0.340. The Labute approximate surface area is 63.2 Å². The SMILES string of the molecule is [C-]1=CCC=C1.[Y]. The molecule has 0 bridgehead atoms. The standard InChI is InChI=1S/C5H5.Y/c1-2-4-5-3-1;/h1-2,5H,3H2;/q-1;. The molecule has 0 aliphatic heterocycles. The second-order valence-electron chi connectivity index (χ2n) is 1.01. The molecule has 1 heteroatoms. The molecule has 1 aliphatic rings. The van der Waals surface area contributed by atoms with Crippen molar-refractivity contribution in [2.24, 2.45) is 0 Å². The van der Waals surface area contributed by atoms with Crippen molar-refractivity contribution in [2.45, 2.75) is 6.42 Å². The van der Waals surface area contributed by atoms with Crippen molar-refractivity contribution in [1.29, 1.82) is 0 Å². The quantitative estimate of drug-likeness (QED) is 0.461. The van der Waals surface area contributed by atoms with Gasteiger partial charge in [0.05, 0.1) is 0 Å². The maximum atomic E-state index is 2.92. The first-order valence-electron chi connectivity index (χ1n) is 1.73. The molecule has 0 spiro atoms. The zero-order chi connectivity index (χ0) is 3.54. The Kier molecular flexibility index (Phi) is 4.13. The second kappa shape index (κ2) is 3.76. The first kappa shape index (κ1) is 6.58. The minimum absolute atomic E-state index is 0. The Morgan fingerprint density at radius 3 is 2.50 bits per heavy atom. The summed E-state index contributed by atoms with van der Waals surface area (Å²) in [6.07, 6.45) is 10.0. The number of rotatable bonds is 0. The molecule has 0 unspecified atom stereocenters. The maximum Gasteiger partial charge on any atom is 0 e. The Hall–Kier alpha value is 0.584. The molecule has 0 fully saturated rings. The molecule has 1 rings (SSSR count). The van der Waals surface area contributed by atoms with Gasteiger partial charge >= 0.3 is 0 Å². The van der Waals surface area contributed by atoms with E-state index in [2.05, 4.69) is 12.2 Å². The van der Waals surface area contributed by atoms with Gasteiger partial charge in [-0.2, -0.15) is 6.08 Å². The van der Waals surface area contributed by atoms with Crippen LogP contribution in [0.2, 0.25) is 0 Å². The van der Waals surface area contributed by atoms with E-state index in [1.165, 1.54) is 0 Å². The van der Waals surface area contributed by atoms with E-state index in [0.717, 1.165) is 6.42 Å². The molecule has 0 amide bonds. The van der Waals surface area contributed by atoms with Crippen LogP contribution in [0.3, 0.4) is 0 Å². The summed E-state index contributed by atoms with van der Waals surface area (Å²) in [5.74, 6) is 0. The van der Waals surface area contributed by atoms with E-state index >= 15 is 0 Å². The third kappa shape index (κ3) is 1.89. The minimum atomic E-state index is 0. The van der Waals surface area contributed by atoms with E-state index in [1.54, 1.807) is 0 Å². The van der Waals surface area contributed by atoms with E-state index in [1.807, 2.05) is 12.2 Å². The molecule has 0 aromatic carbocycles. The van der Waals surface area contributed by atoms with Crippen molar-refractivity contribution in [1.82, 2.24) is 0 Å². The predicted molar refractivity (Wildman–Crippen MR) is 21.6 cm³/mol. The van der Waals surface area contributed by atoms with Crippen molar-refractivity contribution in [3.05, 3.63) is 24.3 Å². The molecular formula is C5H5Y-. The zero-order valence-corrected chi connectivity index (χ0v) is 6.35. The van der Waals surface area contributed by atoms with Gasteiger partial charge in [0.15, 0.2) is 0 Å². The summed E-state index contributed by atoms with van der Waals surface area (Å²) in [4.78, 5) is 0. The maximum absolute atomic E-state index is 2.92. The molecule has 0 heterocycles. The fraction of sp³-hybridized carbons (Fsp3) is 0.200. The van der Waals surface area contributed by atoms with Crippen molar-refractivity contribution in [3.63, 3.8) is 0 Å². The van der Waals surface area contributed by atoms with Gasteiger partial charge < -0.3 is 0 Å². The summed E-state index contributed by atoms with van der Waals surface area (Å²) < 4.78 is 0. The van der Waals surface area contributed by atoms with Crippen LogP contribution >= 0.6 is 0 Å². The normalized spacial score (nSPS) is 14.7. The largest absolute Gasteiger partial charge is 0.256 e. The van der Waals surface area contributed by atoms with E-state index in [0.29, 0.717) is 0 Å². The summed E-state index contributed by atoms with van der Waals surface area (Å²) >= 11 is 0. The predicted octanol–water partition coefficient (Wildman–Crippen LogP) is 1.30. The Bertz CT molecular complexity index is 62.0. The van der Waals surface area contributed by atoms with Gasteiger partial charge in [0, 0.05) is 32.7 Å². The second-order valence-corrected chi connectivity index (χ2v) is 1.01. The van der Waals surface area contributed by atoms with Gasteiger partial charge in [0.1, 0.15) is 0 Å². The molecule has 1 aliphatic carbocycles. The molecule has 0 aromatic heterocycles. The Morgan fingerprint density at radius 2 is 2.33 bits per heavy atom. The van der Waals surface area contributed by atoms with Gasteiger partial charge in [-0.1, -0.05) is 0 Å². The molecule has 0 saturated carbocycles. The summed E-state index contributed by atoms with van der Waals surface area (Å²) in [6.45, 7) is 0. The van der Waals surface area contributed by atoms with Crippen molar-refractivity contribution < 1.29 is 32.7 Å². The number of hydrogen-bond acceptors (Lipinski definition) is 0. The van der Waals surface area contributed by atoms with Gasteiger partial charge in [0.2, 0.25) is 0 Å². The van der Waals surface area contributed by atoms with Crippen LogP contribution in [0.1, 0.15) is 6.42 Å². The molecule has 29 valence electrons. The van der Waals surface area contributed by atoms with E-state index in [9.17, 15) is 0 Å². The van der Waals surface area contributed by atoms with Crippen LogP contribution in [0.25, 0.3) is 0 Å². The Morgan fingerprint density at radius 1 is 1.50 bits per heavy atom.